The molecule has 0 aliphatic carbocycles. The van der Waals surface area contributed by atoms with Gasteiger partial charge in [-0.15, -0.1) is 0 Å². The zero-order valence-electron chi connectivity index (χ0n) is 9.08. The van der Waals surface area contributed by atoms with Gasteiger partial charge in [0.05, 0.1) is 17.3 Å². The van der Waals surface area contributed by atoms with Crippen LogP contribution in [0.2, 0.25) is 5.15 Å². The highest BCUT2D eigenvalue weighted by Gasteiger charge is 2.24. The number of aliphatic hydroxyl groups excluding tert-OH is 1. The molecule has 15 heavy (non-hydrogen) atoms. The maximum absolute atomic E-state index is 9.54. The van der Waals surface area contributed by atoms with E-state index in [1.165, 1.54) is 0 Å². The molecule has 0 spiro atoms. The van der Waals surface area contributed by atoms with Gasteiger partial charge in [-0.05, 0) is 32.9 Å². The minimum Gasteiger partial charge on any atom is -0.396 e. The van der Waals surface area contributed by atoms with Gasteiger partial charge in [0.15, 0.2) is 5.82 Å². The van der Waals surface area contributed by atoms with E-state index in [-0.39, 0.29) is 0 Å². The molecule has 1 aromatic heterocycles. The van der Waals surface area contributed by atoms with E-state index in [1.54, 1.807) is 19.1 Å². The number of hydrogen-bond acceptors (Lipinski definition) is 4. The molecule has 1 atom stereocenters. The first-order valence-corrected chi connectivity index (χ1v) is 5.09. The van der Waals surface area contributed by atoms with E-state index in [0.717, 1.165) is 0 Å². The monoisotopic (exact) mass is 229 g/mol. The molecule has 5 heteroatoms. The lowest BCUT2D eigenvalue weighted by Gasteiger charge is -2.30. The molecule has 0 saturated heterocycles. The molecule has 4 N–H and O–H groups in total. The van der Waals surface area contributed by atoms with Crippen LogP contribution < -0.4 is 11.1 Å². The van der Waals surface area contributed by atoms with E-state index < -0.39 is 11.6 Å². The molecule has 0 aliphatic heterocycles. The van der Waals surface area contributed by atoms with E-state index in [2.05, 4.69) is 10.3 Å². The Kier molecular flexibility index (Phi) is 3.42. The maximum Gasteiger partial charge on any atom is 0.151 e. The summed E-state index contributed by atoms with van der Waals surface area (Å²) in [5.74, 6) is 0.494. The molecular weight excluding hydrogens is 214 g/mol. The molecule has 0 aromatic carbocycles. The van der Waals surface area contributed by atoms with Gasteiger partial charge in [-0.3, -0.25) is 0 Å². The Hall–Kier alpha value is -1.00. The average molecular weight is 230 g/mol. The minimum absolute atomic E-state index is 0.369. The normalized spacial score (nSPS) is 13.7. The van der Waals surface area contributed by atoms with E-state index in [9.17, 15) is 5.11 Å². The molecule has 0 saturated carbocycles. The second kappa shape index (κ2) is 4.24. The lowest BCUT2D eigenvalue weighted by atomic mass is 9.99. The van der Waals surface area contributed by atoms with Crippen molar-refractivity contribution in [1.29, 1.82) is 0 Å². The highest BCUT2D eigenvalue weighted by atomic mass is 35.5. The first kappa shape index (κ1) is 12.1. The number of aliphatic hydroxyl groups is 1. The fourth-order valence-corrected chi connectivity index (χ4v) is 1.10. The largest absolute Gasteiger partial charge is 0.396 e. The number of anilines is 2. The summed E-state index contributed by atoms with van der Waals surface area (Å²) in [7, 11) is 0. The van der Waals surface area contributed by atoms with Crippen molar-refractivity contribution in [3.05, 3.63) is 17.3 Å². The van der Waals surface area contributed by atoms with Crippen LogP contribution in [0.3, 0.4) is 0 Å². The average Bonchev–Trinajstić information content (AvgIpc) is 2.10. The summed E-state index contributed by atoms with van der Waals surface area (Å²) in [5, 5.41) is 13.0. The van der Waals surface area contributed by atoms with Gasteiger partial charge in [0.2, 0.25) is 0 Å². The molecule has 1 unspecified atom stereocenters. The molecule has 0 aliphatic rings. The fraction of sp³-hybridized carbons (Fsp3) is 0.500. The number of nitrogens with zero attached hydrogens (tertiary/aromatic N) is 1. The Labute approximate surface area is 94.5 Å². The Morgan fingerprint density at radius 2 is 2.13 bits per heavy atom. The van der Waals surface area contributed by atoms with Gasteiger partial charge in [-0.2, -0.15) is 0 Å². The van der Waals surface area contributed by atoms with Crippen LogP contribution in [0.25, 0.3) is 0 Å². The predicted molar refractivity (Wildman–Crippen MR) is 63.0 cm³/mol. The SMILES string of the molecule is CC(O)C(C)(C)Nc1nc(Cl)ccc1N. The summed E-state index contributed by atoms with van der Waals surface area (Å²) in [6, 6.07) is 3.30. The molecule has 0 radical (unpaired) electrons. The van der Waals surface area contributed by atoms with E-state index in [1.807, 2.05) is 13.8 Å². The van der Waals surface area contributed by atoms with Crippen molar-refractivity contribution in [1.82, 2.24) is 4.98 Å². The number of rotatable bonds is 3. The summed E-state index contributed by atoms with van der Waals surface area (Å²) < 4.78 is 0. The highest BCUT2D eigenvalue weighted by Crippen LogP contribution is 2.23. The third-order valence-electron chi connectivity index (χ3n) is 2.38. The highest BCUT2D eigenvalue weighted by molar-refractivity contribution is 6.29. The van der Waals surface area contributed by atoms with E-state index in [0.29, 0.717) is 16.7 Å². The van der Waals surface area contributed by atoms with Gasteiger partial charge in [0, 0.05) is 0 Å². The number of nitrogens with one attached hydrogen (secondary N) is 1. The van der Waals surface area contributed by atoms with Crippen LogP contribution in [0.15, 0.2) is 12.1 Å². The lowest BCUT2D eigenvalue weighted by molar-refractivity contribution is 0.133. The number of aromatic nitrogens is 1. The first-order chi connectivity index (χ1) is 6.83. The van der Waals surface area contributed by atoms with Gasteiger partial charge in [-0.1, -0.05) is 11.6 Å². The van der Waals surface area contributed by atoms with Gasteiger partial charge >= 0.3 is 0 Å². The van der Waals surface area contributed by atoms with Crippen molar-refractivity contribution < 1.29 is 5.11 Å². The van der Waals surface area contributed by atoms with Gasteiger partial charge < -0.3 is 16.2 Å². The number of pyridine rings is 1. The third kappa shape index (κ3) is 2.97. The molecule has 4 nitrogen and oxygen atoms in total. The fourth-order valence-electron chi connectivity index (χ4n) is 0.956. The number of nitrogen functional groups attached to an aromatic ring is 1. The second-order valence-electron chi connectivity index (χ2n) is 4.09. The quantitative estimate of drug-likeness (QED) is 0.693. The molecular formula is C10H16ClN3O. The third-order valence-corrected chi connectivity index (χ3v) is 2.59. The summed E-state index contributed by atoms with van der Waals surface area (Å²) >= 11 is 5.76. The lowest BCUT2D eigenvalue weighted by Crippen LogP contribution is -2.42. The summed E-state index contributed by atoms with van der Waals surface area (Å²) in [4.78, 5) is 4.06. The summed E-state index contributed by atoms with van der Waals surface area (Å²) in [6.45, 7) is 5.42. The van der Waals surface area contributed by atoms with Crippen molar-refractivity contribution in [2.75, 3.05) is 11.1 Å². The van der Waals surface area contributed by atoms with Crippen LogP contribution in [0.1, 0.15) is 20.8 Å². The van der Waals surface area contributed by atoms with E-state index >= 15 is 0 Å². The van der Waals surface area contributed by atoms with Gasteiger partial charge in [-0.25, -0.2) is 4.98 Å². The van der Waals surface area contributed by atoms with Crippen molar-refractivity contribution >= 4 is 23.1 Å². The van der Waals surface area contributed by atoms with Crippen LogP contribution in [-0.4, -0.2) is 21.7 Å². The van der Waals surface area contributed by atoms with Crippen molar-refractivity contribution in [3.8, 4) is 0 Å². The summed E-state index contributed by atoms with van der Waals surface area (Å²) in [6.07, 6.45) is -0.530. The van der Waals surface area contributed by atoms with Crippen molar-refractivity contribution in [3.63, 3.8) is 0 Å². The zero-order chi connectivity index (χ0) is 11.6. The van der Waals surface area contributed by atoms with Crippen LogP contribution in [0.5, 0.6) is 0 Å². The van der Waals surface area contributed by atoms with Crippen molar-refractivity contribution in [2.45, 2.75) is 32.4 Å². The molecule has 0 bridgehead atoms. The summed E-state index contributed by atoms with van der Waals surface area (Å²) in [5.41, 5.74) is 5.73. The number of nitrogens with two attached hydrogens (primary N) is 1. The molecule has 84 valence electrons. The number of halogens is 1. The molecule has 0 fully saturated rings. The smallest absolute Gasteiger partial charge is 0.151 e. The Morgan fingerprint density at radius 1 is 1.53 bits per heavy atom. The Bertz CT molecular complexity index is 353. The molecule has 1 heterocycles. The Balaban J connectivity index is 2.94. The Morgan fingerprint density at radius 3 is 2.67 bits per heavy atom. The standard InChI is InChI=1S/C10H16ClN3O/c1-6(15)10(2,3)14-9-7(12)4-5-8(11)13-9/h4-6,15H,12H2,1-3H3,(H,13,14). The van der Waals surface area contributed by atoms with Gasteiger partial charge in [0.1, 0.15) is 5.15 Å². The first-order valence-electron chi connectivity index (χ1n) is 4.71. The van der Waals surface area contributed by atoms with Crippen LogP contribution in [0.4, 0.5) is 11.5 Å². The number of hydrogen-bond donors (Lipinski definition) is 3. The van der Waals surface area contributed by atoms with Crippen LogP contribution >= 0.6 is 11.6 Å². The van der Waals surface area contributed by atoms with Crippen molar-refractivity contribution in [2.24, 2.45) is 0 Å². The predicted octanol–water partition coefficient (Wildman–Crippen LogP) is 1.89. The minimum atomic E-state index is -0.530. The van der Waals surface area contributed by atoms with Crippen LogP contribution in [0, 0.1) is 0 Å². The molecule has 1 aromatic rings. The topological polar surface area (TPSA) is 71.2 Å². The maximum atomic E-state index is 9.54. The van der Waals surface area contributed by atoms with E-state index in [4.69, 9.17) is 17.3 Å². The van der Waals surface area contributed by atoms with Gasteiger partial charge in [0.25, 0.3) is 0 Å². The molecule has 0 amide bonds. The molecule has 1 rings (SSSR count). The van der Waals surface area contributed by atoms with Crippen LogP contribution in [-0.2, 0) is 0 Å². The second-order valence-corrected chi connectivity index (χ2v) is 4.48. The zero-order valence-corrected chi connectivity index (χ0v) is 9.84.